The summed E-state index contributed by atoms with van der Waals surface area (Å²) in [5, 5.41) is 0. The first-order valence-electron chi connectivity index (χ1n) is 6.70. The Labute approximate surface area is 118 Å². The van der Waals surface area contributed by atoms with Gasteiger partial charge >= 0.3 is 0 Å². The van der Waals surface area contributed by atoms with Gasteiger partial charge in [-0.3, -0.25) is 0 Å². The van der Waals surface area contributed by atoms with E-state index in [2.05, 4.69) is 18.8 Å². The number of hydrogen-bond donors (Lipinski definition) is 1. The fourth-order valence-corrected chi connectivity index (χ4v) is 3.80. The Morgan fingerprint density at radius 3 is 2.55 bits per heavy atom. The topological polar surface area (TPSA) is 78.0 Å². The summed E-state index contributed by atoms with van der Waals surface area (Å²) in [6, 6.07) is 5.22. The predicted molar refractivity (Wildman–Crippen MR) is 79.3 cm³/mol. The molecule has 0 spiro atoms. The van der Waals surface area contributed by atoms with Gasteiger partial charge in [-0.05, 0) is 44.7 Å². The van der Waals surface area contributed by atoms with Gasteiger partial charge in [0, 0.05) is 11.8 Å². The number of aromatic nitrogens is 2. The van der Waals surface area contributed by atoms with E-state index >= 15 is 0 Å². The van der Waals surface area contributed by atoms with Crippen LogP contribution in [0.4, 0.5) is 5.95 Å². The molecule has 2 aromatic rings. The van der Waals surface area contributed by atoms with Crippen LogP contribution in [0.2, 0.25) is 0 Å². The van der Waals surface area contributed by atoms with Crippen LogP contribution in [0.3, 0.4) is 0 Å². The lowest BCUT2D eigenvalue weighted by Gasteiger charge is -2.28. The minimum Gasteiger partial charge on any atom is -0.369 e. The molecule has 108 valence electrons. The van der Waals surface area contributed by atoms with Gasteiger partial charge in [-0.2, -0.15) is 0 Å². The van der Waals surface area contributed by atoms with Crippen LogP contribution >= 0.6 is 0 Å². The number of sulfone groups is 1. The Balaban J connectivity index is 2.33. The second-order valence-corrected chi connectivity index (χ2v) is 8.11. The number of benzene rings is 1. The predicted octanol–water partition coefficient (Wildman–Crippen LogP) is 2.17. The van der Waals surface area contributed by atoms with E-state index in [1.54, 1.807) is 12.1 Å². The molecule has 2 N–H and O–H groups in total. The number of nitrogens with zero attached hydrogens (tertiary/aromatic N) is 2. The monoisotopic (exact) mass is 293 g/mol. The molecule has 0 aliphatic heterocycles. The number of hydrogen-bond acceptors (Lipinski definition) is 4. The number of para-hydroxylation sites is 1. The minimum absolute atomic E-state index is 0.144. The summed E-state index contributed by atoms with van der Waals surface area (Å²) in [6.07, 6.45) is 3.55. The maximum Gasteiger partial charge on any atom is 0.201 e. The molecular weight excluding hydrogens is 274 g/mol. The van der Waals surface area contributed by atoms with Crippen molar-refractivity contribution in [3.05, 3.63) is 18.2 Å². The molecule has 1 fully saturated rings. The van der Waals surface area contributed by atoms with Crippen LogP contribution < -0.4 is 5.73 Å². The van der Waals surface area contributed by atoms with E-state index in [9.17, 15) is 8.42 Å². The molecular formula is C14H19N3O2S. The molecule has 5 nitrogen and oxygen atoms in total. The number of imidazole rings is 1. The van der Waals surface area contributed by atoms with Gasteiger partial charge < -0.3 is 10.3 Å². The van der Waals surface area contributed by atoms with Gasteiger partial charge in [-0.1, -0.05) is 6.07 Å². The summed E-state index contributed by atoms with van der Waals surface area (Å²) in [7, 11) is -3.31. The van der Waals surface area contributed by atoms with Crippen molar-refractivity contribution in [1.29, 1.82) is 0 Å². The molecule has 0 saturated heterocycles. The summed E-state index contributed by atoms with van der Waals surface area (Å²) in [5.41, 5.74) is 7.20. The maximum absolute atomic E-state index is 11.9. The average molecular weight is 293 g/mol. The lowest BCUT2D eigenvalue weighted by molar-refractivity contribution is 0.318. The fraction of sp³-hybridized carbons (Fsp3) is 0.500. The molecule has 0 unspecified atom stereocenters. The number of nitrogens with two attached hydrogens (primary N) is 1. The molecule has 1 aliphatic carbocycles. The van der Waals surface area contributed by atoms with Crippen LogP contribution in [-0.2, 0) is 15.4 Å². The van der Waals surface area contributed by atoms with Crippen LogP contribution in [-0.4, -0.2) is 24.2 Å². The van der Waals surface area contributed by atoms with Crippen LogP contribution in [0.1, 0.15) is 26.7 Å². The second-order valence-electron chi connectivity index (χ2n) is 6.13. The zero-order chi connectivity index (χ0) is 14.7. The maximum atomic E-state index is 11.9. The first kappa shape index (κ1) is 13.4. The molecule has 1 aromatic heterocycles. The summed E-state index contributed by atoms with van der Waals surface area (Å²) >= 11 is 0. The molecule has 1 aromatic carbocycles. The van der Waals surface area contributed by atoms with Gasteiger partial charge in [0.15, 0.2) is 9.84 Å². The van der Waals surface area contributed by atoms with Crippen LogP contribution in [0, 0.1) is 5.92 Å². The fourth-order valence-electron chi connectivity index (χ4n) is 2.97. The number of fused-ring (bicyclic) bond motifs is 1. The minimum atomic E-state index is -3.31. The Bertz CT molecular complexity index is 786. The van der Waals surface area contributed by atoms with Gasteiger partial charge in [-0.15, -0.1) is 0 Å². The van der Waals surface area contributed by atoms with E-state index in [0.29, 0.717) is 17.4 Å². The number of nitrogen functional groups attached to an aromatic ring is 1. The molecule has 0 amide bonds. The van der Waals surface area contributed by atoms with Crippen molar-refractivity contribution in [3.63, 3.8) is 0 Å². The molecule has 20 heavy (non-hydrogen) atoms. The Morgan fingerprint density at radius 1 is 1.35 bits per heavy atom. The quantitative estimate of drug-likeness (QED) is 0.940. The van der Waals surface area contributed by atoms with E-state index in [1.807, 2.05) is 10.6 Å². The lowest BCUT2D eigenvalue weighted by atomic mass is 9.98. The Hall–Kier alpha value is -1.56. The van der Waals surface area contributed by atoms with E-state index in [1.165, 1.54) is 19.1 Å². The van der Waals surface area contributed by atoms with E-state index in [-0.39, 0.29) is 10.4 Å². The van der Waals surface area contributed by atoms with Crippen LogP contribution in [0.25, 0.3) is 11.0 Å². The summed E-state index contributed by atoms with van der Waals surface area (Å²) < 4.78 is 25.7. The van der Waals surface area contributed by atoms with Crippen molar-refractivity contribution in [2.24, 2.45) is 5.92 Å². The number of rotatable bonds is 3. The Kier molecular flexibility index (Phi) is 2.67. The van der Waals surface area contributed by atoms with Crippen molar-refractivity contribution in [3.8, 4) is 0 Å². The van der Waals surface area contributed by atoms with Gasteiger partial charge in [0.1, 0.15) is 5.52 Å². The van der Waals surface area contributed by atoms with E-state index in [0.717, 1.165) is 5.52 Å². The SMILES string of the molecule is CC(C)(C1CC1)n1c(N)nc2c(S(C)(=O)=O)cccc21. The van der Waals surface area contributed by atoms with Gasteiger partial charge in [0.25, 0.3) is 0 Å². The molecule has 0 atom stereocenters. The highest BCUT2D eigenvalue weighted by Crippen LogP contribution is 2.46. The molecule has 1 aliphatic rings. The third-order valence-corrected chi connectivity index (χ3v) is 5.35. The lowest BCUT2D eigenvalue weighted by Crippen LogP contribution is -2.29. The van der Waals surface area contributed by atoms with Crippen LogP contribution in [0.5, 0.6) is 0 Å². The average Bonchev–Trinajstić information content (AvgIpc) is 3.09. The van der Waals surface area contributed by atoms with Gasteiger partial charge in [0.2, 0.25) is 5.95 Å². The zero-order valence-corrected chi connectivity index (χ0v) is 12.7. The second kappa shape index (κ2) is 3.97. The first-order chi connectivity index (χ1) is 9.23. The third kappa shape index (κ3) is 1.90. The molecule has 3 rings (SSSR count). The van der Waals surface area contributed by atoms with Crippen molar-refractivity contribution < 1.29 is 8.42 Å². The molecule has 0 radical (unpaired) electrons. The highest BCUT2D eigenvalue weighted by atomic mass is 32.2. The molecule has 1 saturated carbocycles. The largest absolute Gasteiger partial charge is 0.369 e. The first-order valence-corrected chi connectivity index (χ1v) is 8.59. The van der Waals surface area contributed by atoms with Crippen molar-refractivity contribution in [2.45, 2.75) is 37.1 Å². The Morgan fingerprint density at radius 2 is 2.00 bits per heavy atom. The number of anilines is 1. The highest BCUT2D eigenvalue weighted by Gasteiger charge is 2.41. The normalized spacial score (nSPS) is 16.8. The zero-order valence-electron chi connectivity index (χ0n) is 11.9. The standard InChI is InChI=1S/C14H19N3O2S/c1-14(2,9-7-8-9)17-10-5-4-6-11(20(3,18)19)12(10)16-13(17)15/h4-6,9H,7-8H2,1-3H3,(H2,15,16). The third-order valence-electron chi connectivity index (χ3n) is 4.23. The van der Waals surface area contributed by atoms with Gasteiger partial charge in [-0.25, -0.2) is 13.4 Å². The van der Waals surface area contributed by atoms with Crippen molar-refractivity contribution in [1.82, 2.24) is 9.55 Å². The smallest absolute Gasteiger partial charge is 0.201 e. The van der Waals surface area contributed by atoms with Crippen LogP contribution in [0.15, 0.2) is 23.1 Å². The summed E-state index contributed by atoms with van der Waals surface area (Å²) in [6.45, 7) is 4.27. The molecule has 0 bridgehead atoms. The van der Waals surface area contributed by atoms with E-state index < -0.39 is 9.84 Å². The van der Waals surface area contributed by atoms with Gasteiger partial charge in [0.05, 0.1) is 10.4 Å². The molecule has 1 heterocycles. The highest BCUT2D eigenvalue weighted by molar-refractivity contribution is 7.91. The van der Waals surface area contributed by atoms with E-state index in [4.69, 9.17) is 5.73 Å². The van der Waals surface area contributed by atoms with Crippen molar-refractivity contribution in [2.75, 3.05) is 12.0 Å². The van der Waals surface area contributed by atoms with Crippen molar-refractivity contribution >= 4 is 26.8 Å². The molecule has 6 heteroatoms. The summed E-state index contributed by atoms with van der Waals surface area (Å²) in [4.78, 5) is 4.56. The summed E-state index contributed by atoms with van der Waals surface area (Å²) in [5.74, 6) is 0.956.